The van der Waals surface area contributed by atoms with E-state index >= 15 is 0 Å². The molecule has 1 amide bonds. The average Bonchev–Trinajstić information content (AvgIpc) is 2.79. The molecule has 0 saturated carbocycles. The first-order valence-electron chi connectivity index (χ1n) is 10.0. The Morgan fingerprint density at radius 3 is 2.37 bits per heavy atom. The third kappa shape index (κ3) is 4.20. The molecule has 1 heterocycles. The lowest BCUT2D eigenvalue weighted by Gasteiger charge is -2.35. The first kappa shape index (κ1) is 19.7. The SMILES string of the molecule is CCOC(=O)C1Cc2ccccc2CN1C(=O)c1cccc(Oc2ccccc2)c1. The lowest BCUT2D eigenvalue weighted by Crippen LogP contribution is -2.49. The van der Waals surface area contributed by atoms with Gasteiger partial charge in [0.25, 0.3) is 5.91 Å². The summed E-state index contributed by atoms with van der Waals surface area (Å²) in [5.74, 6) is 0.661. The van der Waals surface area contributed by atoms with Crippen molar-refractivity contribution >= 4 is 11.9 Å². The number of carbonyl (C=O) groups excluding carboxylic acids is 2. The highest BCUT2D eigenvalue weighted by Gasteiger charge is 2.36. The highest BCUT2D eigenvalue weighted by Crippen LogP contribution is 2.28. The van der Waals surface area contributed by atoms with E-state index in [2.05, 4.69) is 0 Å². The quantitative estimate of drug-likeness (QED) is 0.586. The van der Waals surface area contributed by atoms with Crippen LogP contribution in [0.15, 0.2) is 78.9 Å². The molecule has 0 fully saturated rings. The molecule has 1 aliphatic heterocycles. The third-order valence-electron chi connectivity index (χ3n) is 5.13. The van der Waals surface area contributed by atoms with Gasteiger partial charge in [-0.05, 0) is 48.4 Å². The number of hydrogen-bond acceptors (Lipinski definition) is 4. The van der Waals surface area contributed by atoms with Crippen LogP contribution in [0.3, 0.4) is 0 Å². The number of fused-ring (bicyclic) bond motifs is 1. The molecule has 4 rings (SSSR count). The predicted molar refractivity (Wildman–Crippen MR) is 113 cm³/mol. The standard InChI is InChI=1S/C25H23NO4/c1-2-29-25(28)23-16-18-9-6-7-10-20(18)17-26(23)24(27)19-11-8-14-22(15-19)30-21-12-4-3-5-13-21/h3-15,23H,2,16-17H2,1H3. The van der Waals surface area contributed by atoms with Crippen molar-refractivity contribution in [3.63, 3.8) is 0 Å². The van der Waals surface area contributed by atoms with Crippen LogP contribution >= 0.6 is 0 Å². The molecule has 0 saturated heterocycles. The number of carbonyl (C=O) groups is 2. The van der Waals surface area contributed by atoms with Gasteiger partial charge in [-0.1, -0.05) is 48.5 Å². The second-order valence-corrected chi connectivity index (χ2v) is 7.12. The first-order valence-corrected chi connectivity index (χ1v) is 10.0. The molecule has 5 nitrogen and oxygen atoms in total. The van der Waals surface area contributed by atoms with E-state index in [1.807, 2.05) is 54.6 Å². The fraction of sp³-hybridized carbons (Fsp3) is 0.200. The van der Waals surface area contributed by atoms with Gasteiger partial charge >= 0.3 is 5.97 Å². The smallest absolute Gasteiger partial charge is 0.329 e. The molecule has 3 aromatic rings. The van der Waals surface area contributed by atoms with Gasteiger partial charge in [-0.2, -0.15) is 0 Å². The van der Waals surface area contributed by atoms with E-state index in [1.165, 1.54) is 0 Å². The fourth-order valence-electron chi connectivity index (χ4n) is 3.67. The second kappa shape index (κ2) is 8.82. The lowest BCUT2D eigenvalue weighted by atomic mass is 9.93. The summed E-state index contributed by atoms with van der Waals surface area (Å²) < 4.78 is 11.1. The van der Waals surface area contributed by atoms with Crippen LogP contribution in [0.2, 0.25) is 0 Å². The van der Waals surface area contributed by atoms with Crippen LogP contribution < -0.4 is 4.74 Å². The van der Waals surface area contributed by atoms with Gasteiger partial charge in [-0.15, -0.1) is 0 Å². The molecule has 3 aromatic carbocycles. The molecule has 1 atom stereocenters. The van der Waals surface area contributed by atoms with E-state index in [0.29, 0.717) is 30.0 Å². The summed E-state index contributed by atoms with van der Waals surface area (Å²) in [7, 11) is 0. The number of para-hydroxylation sites is 1. The number of benzene rings is 3. The second-order valence-electron chi connectivity index (χ2n) is 7.12. The van der Waals surface area contributed by atoms with E-state index in [1.54, 1.807) is 36.1 Å². The number of amides is 1. The van der Waals surface area contributed by atoms with Crippen molar-refractivity contribution in [3.8, 4) is 11.5 Å². The maximum Gasteiger partial charge on any atom is 0.329 e. The maximum absolute atomic E-state index is 13.4. The van der Waals surface area contributed by atoms with Crippen LogP contribution in [-0.4, -0.2) is 29.4 Å². The molecular weight excluding hydrogens is 378 g/mol. The van der Waals surface area contributed by atoms with E-state index in [-0.39, 0.29) is 18.5 Å². The molecule has 0 spiro atoms. The van der Waals surface area contributed by atoms with E-state index in [9.17, 15) is 9.59 Å². The molecule has 30 heavy (non-hydrogen) atoms. The van der Waals surface area contributed by atoms with Crippen molar-refractivity contribution in [1.82, 2.24) is 4.90 Å². The molecule has 0 radical (unpaired) electrons. The summed E-state index contributed by atoms with van der Waals surface area (Å²) in [5.41, 5.74) is 2.58. The molecule has 5 heteroatoms. The zero-order chi connectivity index (χ0) is 20.9. The third-order valence-corrected chi connectivity index (χ3v) is 5.13. The van der Waals surface area contributed by atoms with E-state index in [0.717, 1.165) is 11.1 Å². The topological polar surface area (TPSA) is 55.8 Å². The van der Waals surface area contributed by atoms with Crippen molar-refractivity contribution in [3.05, 3.63) is 95.6 Å². The normalized spacial score (nSPS) is 15.2. The van der Waals surface area contributed by atoms with E-state index < -0.39 is 6.04 Å². The summed E-state index contributed by atoms with van der Waals surface area (Å²) in [4.78, 5) is 27.6. The Balaban J connectivity index is 1.61. The largest absolute Gasteiger partial charge is 0.464 e. The Hall–Kier alpha value is -3.60. The molecule has 0 aromatic heterocycles. The minimum absolute atomic E-state index is 0.221. The van der Waals surface area contributed by atoms with Gasteiger partial charge in [-0.25, -0.2) is 4.79 Å². The molecule has 0 aliphatic carbocycles. The number of hydrogen-bond donors (Lipinski definition) is 0. The number of nitrogens with zero attached hydrogens (tertiary/aromatic N) is 1. The Labute approximate surface area is 175 Å². The van der Waals surface area contributed by atoms with Gasteiger partial charge in [0.15, 0.2) is 0 Å². The van der Waals surface area contributed by atoms with Crippen LogP contribution in [-0.2, 0) is 22.5 Å². The highest BCUT2D eigenvalue weighted by molar-refractivity contribution is 5.97. The number of ether oxygens (including phenoxy) is 2. The Kier molecular flexibility index (Phi) is 5.80. The minimum Gasteiger partial charge on any atom is -0.464 e. The van der Waals surface area contributed by atoms with Crippen LogP contribution in [0, 0.1) is 0 Å². The van der Waals surface area contributed by atoms with Crippen LogP contribution in [0.25, 0.3) is 0 Å². The van der Waals surface area contributed by atoms with Gasteiger partial charge in [0.1, 0.15) is 17.5 Å². The van der Waals surface area contributed by atoms with Gasteiger partial charge < -0.3 is 14.4 Å². The van der Waals surface area contributed by atoms with Crippen molar-refractivity contribution in [2.24, 2.45) is 0 Å². The Morgan fingerprint density at radius 1 is 0.900 bits per heavy atom. The molecule has 152 valence electrons. The molecule has 1 unspecified atom stereocenters. The summed E-state index contributed by atoms with van der Waals surface area (Å²) in [6.45, 7) is 2.41. The van der Waals surface area contributed by atoms with Crippen molar-refractivity contribution in [2.75, 3.05) is 6.61 Å². The van der Waals surface area contributed by atoms with Crippen molar-refractivity contribution in [1.29, 1.82) is 0 Å². The number of esters is 1. The van der Waals surface area contributed by atoms with Crippen LogP contribution in [0.4, 0.5) is 0 Å². The van der Waals surface area contributed by atoms with Gasteiger partial charge in [-0.3, -0.25) is 4.79 Å². The Morgan fingerprint density at radius 2 is 1.60 bits per heavy atom. The van der Waals surface area contributed by atoms with Gasteiger partial charge in [0, 0.05) is 18.5 Å². The highest BCUT2D eigenvalue weighted by atomic mass is 16.5. The predicted octanol–water partition coefficient (Wildman–Crippen LogP) is 4.61. The van der Waals surface area contributed by atoms with Crippen LogP contribution in [0.1, 0.15) is 28.4 Å². The zero-order valence-corrected chi connectivity index (χ0v) is 16.8. The summed E-state index contributed by atoms with van der Waals surface area (Å²) >= 11 is 0. The summed E-state index contributed by atoms with van der Waals surface area (Å²) in [5, 5.41) is 0. The maximum atomic E-state index is 13.4. The minimum atomic E-state index is -0.647. The first-order chi connectivity index (χ1) is 14.7. The monoisotopic (exact) mass is 401 g/mol. The van der Waals surface area contributed by atoms with E-state index in [4.69, 9.17) is 9.47 Å². The van der Waals surface area contributed by atoms with Gasteiger partial charge in [0.2, 0.25) is 0 Å². The molecule has 1 aliphatic rings. The number of rotatable bonds is 5. The molecule has 0 bridgehead atoms. The molecule has 0 N–H and O–H groups in total. The van der Waals surface area contributed by atoms with Crippen LogP contribution in [0.5, 0.6) is 11.5 Å². The fourth-order valence-corrected chi connectivity index (χ4v) is 3.67. The van der Waals surface area contributed by atoms with Gasteiger partial charge in [0.05, 0.1) is 6.61 Å². The zero-order valence-electron chi connectivity index (χ0n) is 16.8. The average molecular weight is 401 g/mol. The van der Waals surface area contributed by atoms with Crippen molar-refractivity contribution in [2.45, 2.75) is 25.9 Å². The molecular formula is C25H23NO4. The van der Waals surface area contributed by atoms with Crippen molar-refractivity contribution < 1.29 is 19.1 Å². The lowest BCUT2D eigenvalue weighted by molar-refractivity contribution is -0.149. The summed E-state index contributed by atoms with van der Waals surface area (Å²) in [6.07, 6.45) is 0.445. The Bertz CT molecular complexity index is 1050. The summed E-state index contributed by atoms with van der Waals surface area (Å²) in [6, 6.07) is 23.7.